The lowest BCUT2D eigenvalue weighted by atomic mass is 9.97. The monoisotopic (exact) mass is 250 g/mol. The Labute approximate surface area is 102 Å². The van der Waals surface area contributed by atoms with Gasteiger partial charge in [0.15, 0.2) is 0 Å². The third-order valence-corrected chi connectivity index (χ3v) is 2.52. The molecular weight excluding hydrogens is 240 g/mol. The van der Waals surface area contributed by atoms with E-state index in [4.69, 9.17) is 9.84 Å². The van der Waals surface area contributed by atoms with Crippen LogP contribution < -0.4 is 0 Å². The van der Waals surface area contributed by atoms with Crippen LogP contribution in [-0.4, -0.2) is 33.4 Å². The van der Waals surface area contributed by atoms with Crippen molar-refractivity contribution in [3.8, 4) is 11.5 Å². The molecule has 0 spiro atoms. The number of phenols is 2. The van der Waals surface area contributed by atoms with Gasteiger partial charge in [0.25, 0.3) is 0 Å². The van der Waals surface area contributed by atoms with Gasteiger partial charge in [-0.15, -0.1) is 0 Å². The van der Waals surface area contributed by atoms with Crippen molar-refractivity contribution in [1.29, 1.82) is 0 Å². The number of benzene rings is 1. The van der Waals surface area contributed by atoms with Crippen molar-refractivity contribution in [2.45, 2.75) is 12.5 Å². The maximum atomic E-state index is 11.6. The first kappa shape index (κ1) is 12.0. The Morgan fingerprint density at radius 3 is 2.78 bits per heavy atom. The molecule has 1 atom stereocenters. The SMILES string of the molecule is O=C(O)/C=C/[C@H]1Cc2cc(O)cc(O)c2C(=O)O1. The lowest BCUT2D eigenvalue weighted by molar-refractivity contribution is -0.131. The predicted octanol–water partition coefficient (Wildman–Crippen LogP) is 0.820. The van der Waals surface area contributed by atoms with Crippen LogP contribution in [0, 0.1) is 0 Å². The minimum absolute atomic E-state index is 0.00720. The molecule has 0 radical (unpaired) electrons. The van der Waals surface area contributed by atoms with E-state index in [0.717, 1.165) is 12.1 Å². The van der Waals surface area contributed by atoms with Gasteiger partial charge in [0.2, 0.25) is 0 Å². The zero-order valence-electron chi connectivity index (χ0n) is 9.16. The predicted molar refractivity (Wildman–Crippen MR) is 59.5 cm³/mol. The standard InChI is InChI=1S/C12H10O6/c13-7-3-6-4-8(1-2-10(15)16)18-12(17)11(6)9(14)5-7/h1-3,5,8,13-14H,4H2,(H,15,16)/b2-1+/t8-/m0/s1. The van der Waals surface area contributed by atoms with Crippen molar-refractivity contribution < 1.29 is 29.6 Å². The molecule has 1 aromatic carbocycles. The Hall–Kier alpha value is -2.50. The number of phenolic OH excluding ortho intramolecular Hbond substituents is 2. The largest absolute Gasteiger partial charge is 0.508 e. The number of aromatic hydroxyl groups is 2. The number of carbonyl (C=O) groups is 2. The van der Waals surface area contributed by atoms with Crippen molar-refractivity contribution in [3.63, 3.8) is 0 Å². The summed E-state index contributed by atoms with van der Waals surface area (Å²) in [6.45, 7) is 0. The van der Waals surface area contributed by atoms with Crippen molar-refractivity contribution in [1.82, 2.24) is 0 Å². The number of esters is 1. The van der Waals surface area contributed by atoms with Gasteiger partial charge >= 0.3 is 11.9 Å². The highest BCUT2D eigenvalue weighted by Crippen LogP contribution is 2.32. The van der Waals surface area contributed by atoms with E-state index in [2.05, 4.69) is 0 Å². The summed E-state index contributed by atoms with van der Waals surface area (Å²) in [5, 5.41) is 27.4. The minimum atomic E-state index is -1.14. The van der Waals surface area contributed by atoms with E-state index in [1.54, 1.807) is 0 Å². The van der Waals surface area contributed by atoms with Crippen LogP contribution in [0.1, 0.15) is 15.9 Å². The van der Waals surface area contributed by atoms with Crippen LogP contribution in [-0.2, 0) is 16.0 Å². The maximum absolute atomic E-state index is 11.6. The second-order valence-electron chi connectivity index (χ2n) is 3.84. The number of aliphatic carboxylic acids is 1. The van der Waals surface area contributed by atoms with Gasteiger partial charge < -0.3 is 20.1 Å². The fraction of sp³-hybridized carbons (Fsp3) is 0.167. The Kier molecular flexibility index (Phi) is 2.93. The van der Waals surface area contributed by atoms with Gasteiger partial charge in [0, 0.05) is 18.6 Å². The van der Waals surface area contributed by atoms with Crippen LogP contribution in [0.3, 0.4) is 0 Å². The lowest BCUT2D eigenvalue weighted by Gasteiger charge is -2.22. The van der Waals surface area contributed by atoms with Crippen LogP contribution in [0.2, 0.25) is 0 Å². The Morgan fingerprint density at radius 1 is 1.39 bits per heavy atom. The Bertz CT molecular complexity index is 546. The van der Waals surface area contributed by atoms with Crippen molar-refractivity contribution in [2.75, 3.05) is 0 Å². The van der Waals surface area contributed by atoms with Gasteiger partial charge in [-0.05, 0) is 17.7 Å². The summed E-state index contributed by atoms with van der Waals surface area (Å²) in [4.78, 5) is 22.0. The molecule has 0 unspecified atom stereocenters. The number of fused-ring (bicyclic) bond motifs is 1. The topological polar surface area (TPSA) is 104 Å². The number of carboxylic acid groups (broad SMARTS) is 1. The van der Waals surface area contributed by atoms with Crippen LogP contribution in [0.15, 0.2) is 24.3 Å². The summed E-state index contributed by atoms with van der Waals surface area (Å²) in [5.41, 5.74) is 0.427. The first-order valence-electron chi connectivity index (χ1n) is 5.14. The van der Waals surface area contributed by atoms with E-state index in [1.165, 1.54) is 12.1 Å². The summed E-state index contributed by atoms with van der Waals surface area (Å²) in [5.74, 6) is -2.40. The molecule has 1 aliphatic heterocycles. The third kappa shape index (κ3) is 2.27. The number of carbonyl (C=O) groups excluding carboxylic acids is 1. The Balaban J connectivity index is 2.34. The second kappa shape index (κ2) is 4.40. The fourth-order valence-electron chi connectivity index (χ4n) is 1.82. The molecule has 0 fully saturated rings. The smallest absolute Gasteiger partial charge is 0.342 e. The van der Waals surface area contributed by atoms with Gasteiger partial charge in [0.05, 0.1) is 0 Å². The molecule has 0 saturated heterocycles. The second-order valence-corrected chi connectivity index (χ2v) is 3.84. The molecule has 2 rings (SSSR count). The van der Waals surface area contributed by atoms with Crippen LogP contribution in [0.4, 0.5) is 0 Å². The van der Waals surface area contributed by atoms with E-state index in [9.17, 15) is 19.8 Å². The number of cyclic esters (lactones) is 1. The number of hydrogen-bond acceptors (Lipinski definition) is 5. The molecule has 0 aromatic heterocycles. The van der Waals surface area contributed by atoms with Gasteiger partial charge in [-0.25, -0.2) is 9.59 Å². The van der Waals surface area contributed by atoms with Gasteiger partial charge in [-0.2, -0.15) is 0 Å². The normalized spacial score (nSPS) is 18.4. The lowest BCUT2D eigenvalue weighted by Crippen LogP contribution is -2.26. The molecule has 18 heavy (non-hydrogen) atoms. The molecule has 1 aliphatic rings. The molecule has 94 valence electrons. The quantitative estimate of drug-likeness (QED) is 0.530. The number of hydrogen-bond donors (Lipinski definition) is 3. The summed E-state index contributed by atoms with van der Waals surface area (Å²) in [7, 11) is 0. The molecule has 0 bridgehead atoms. The van der Waals surface area contributed by atoms with Crippen molar-refractivity contribution in [2.24, 2.45) is 0 Å². The van der Waals surface area contributed by atoms with Gasteiger partial charge in [-0.3, -0.25) is 0 Å². The highest BCUT2D eigenvalue weighted by molar-refractivity contribution is 5.95. The molecule has 1 heterocycles. The first-order chi connectivity index (χ1) is 8.47. The van der Waals surface area contributed by atoms with E-state index in [1.807, 2.05) is 0 Å². The fourth-order valence-corrected chi connectivity index (χ4v) is 1.82. The highest BCUT2D eigenvalue weighted by atomic mass is 16.5. The summed E-state index contributed by atoms with van der Waals surface area (Å²) in [6, 6.07) is 2.39. The van der Waals surface area contributed by atoms with Gasteiger partial charge in [-0.1, -0.05) is 0 Å². The van der Waals surface area contributed by atoms with E-state index >= 15 is 0 Å². The third-order valence-electron chi connectivity index (χ3n) is 2.52. The number of carboxylic acids is 1. The molecule has 3 N–H and O–H groups in total. The molecule has 0 amide bonds. The summed E-state index contributed by atoms with van der Waals surface area (Å²) < 4.78 is 4.95. The summed E-state index contributed by atoms with van der Waals surface area (Å²) >= 11 is 0. The molecule has 1 aromatic rings. The molecule has 0 saturated carbocycles. The van der Waals surface area contributed by atoms with Crippen LogP contribution >= 0.6 is 0 Å². The van der Waals surface area contributed by atoms with E-state index in [0.29, 0.717) is 5.56 Å². The molecular formula is C12H10O6. The molecule has 6 heteroatoms. The summed E-state index contributed by atoms with van der Waals surface area (Å²) in [6.07, 6.45) is 1.60. The van der Waals surface area contributed by atoms with E-state index < -0.39 is 18.0 Å². The number of ether oxygens (including phenoxy) is 1. The average molecular weight is 250 g/mol. The average Bonchev–Trinajstić information content (AvgIpc) is 2.24. The van der Waals surface area contributed by atoms with Crippen LogP contribution in [0.5, 0.6) is 11.5 Å². The number of rotatable bonds is 2. The van der Waals surface area contributed by atoms with E-state index in [-0.39, 0.29) is 23.5 Å². The first-order valence-corrected chi connectivity index (χ1v) is 5.14. The minimum Gasteiger partial charge on any atom is -0.508 e. The molecule has 0 aliphatic carbocycles. The highest BCUT2D eigenvalue weighted by Gasteiger charge is 2.28. The van der Waals surface area contributed by atoms with Crippen molar-refractivity contribution >= 4 is 11.9 Å². The Morgan fingerprint density at radius 2 is 2.11 bits per heavy atom. The van der Waals surface area contributed by atoms with Gasteiger partial charge in [0.1, 0.15) is 23.2 Å². The van der Waals surface area contributed by atoms with Crippen LogP contribution in [0.25, 0.3) is 0 Å². The zero-order valence-corrected chi connectivity index (χ0v) is 9.16. The van der Waals surface area contributed by atoms with Crippen molar-refractivity contribution in [3.05, 3.63) is 35.4 Å². The maximum Gasteiger partial charge on any atom is 0.342 e. The molecule has 6 nitrogen and oxygen atoms in total. The zero-order chi connectivity index (χ0) is 13.3.